The number of rotatable bonds is 4. The van der Waals surface area contributed by atoms with Gasteiger partial charge in [-0.05, 0) is 37.6 Å². The number of hydrogen-bond donors (Lipinski definition) is 3. The first kappa shape index (κ1) is 18.4. The Balaban J connectivity index is 0.00000171. The van der Waals surface area contributed by atoms with Crippen LogP contribution in [0, 0.1) is 19.3 Å². The minimum Gasteiger partial charge on any atom is -0.398 e. The molecule has 0 unspecified atom stereocenters. The molecule has 29 heavy (non-hydrogen) atoms. The molecule has 0 radical (unpaired) electrons. The van der Waals surface area contributed by atoms with Crippen molar-refractivity contribution in [3.8, 4) is 0 Å². The van der Waals surface area contributed by atoms with E-state index < -0.39 is 0 Å². The van der Waals surface area contributed by atoms with Gasteiger partial charge in [-0.3, -0.25) is 14.6 Å². The standard InChI is InChI=1S/C22H20N6O.2H2/c1-13-11-28-12-25-27-21(28)14(2)19(13)22(29)26-16-8-9-18(23)17(10-16)20(24)15-6-4-3-5-7-15;;/h3-12,24H,23H2,1-2H3,(H,26,29);2*1H. The third kappa shape index (κ3) is 3.34. The van der Waals surface area contributed by atoms with Gasteiger partial charge in [-0.25, -0.2) is 0 Å². The van der Waals surface area contributed by atoms with Gasteiger partial charge in [0, 0.05) is 37.1 Å². The fourth-order valence-corrected chi connectivity index (χ4v) is 3.44. The summed E-state index contributed by atoms with van der Waals surface area (Å²) in [5.74, 6) is -0.243. The largest absolute Gasteiger partial charge is 0.398 e. The van der Waals surface area contributed by atoms with Crippen LogP contribution in [0.2, 0.25) is 0 Å². The molecule has 2 aromatic heterocycles. The van der Waals surface area contributed by atoms with Crippen molar-refractivity contribution >= 4 is 28.6 Å². The van der Waals surface area contributed by atoms with Crippen molar-refractivity contribution in [2.45, 2.75) is 13.8 Å². The highest BCUT2D eigenvalue weighted by Gasteiger charge is 2.18. The number of hydrogen-bond acceptors (Lipinski definition) is 5. The van der Waals surface area contributed by atoms with E-state index in [0.29, 0.717) is 33.9 Å². The van der Waals surface area contributed by atoms with Crippen LogP contribution in [0.5, 0.6) is 0 Å². The Hall–Kier alpha value is -4.00. The number of nitrogens with zero attached hydrogens (tertiary/aromatic N) is 3. The maximum absolute atomic E-state index is 13.0. The number of nitrogen functional groups attached to an aromatic ring is 1. The molecule has 4 aromatic rings. The molecule has 2 heterocycles. The molecule has 0 saturated heterocycles. The molecule has 7 heteroatoms. The van der Waals surface area contributed by atoms with Gasteiger partial charge in [0.2, 0.25) is 0 Å². The quantitative estimate of drug-likeness (QED) is 0.361. The SMILES string of the molecule is Cc1cn2cnnc2c(C)c1C(=O)Nc1ccc(N)c(C(=N)c2ccccc2)c1.[HH].[HH]. The molecule has 0 aliphatic heterocycles. The second kappa shape index (κ2) is 7.20. The molecule has 2 aromatic carbocycles. The number of carbonyl (C=O) groups is 1. The zero-order valence-electron chi connectivity index (χ0n) is 16.1. The van der Waals surface area contributed by atoms with Crippen LogP contribution in [0.25, 0.3) is 5.65 Å². The number of benzene rings is 2. The second-order valence-corrected chi connectivity index (χ2v) is 6.87. The summed E-state index contributed by atoms with van der Waals surface area (Å²) in [5, 5.41) is 19.4. The highest BCUT2D eigenvalue weighted by Crippen LogP contribution is 2.23. The summed E-state index contributed by atoms with van der Waals surface area (Å²) in [7, 11) is 0. The molecule has 4 N–H and O–H groups in total. The van der Waals surface area contributed by atoms with Crippen molar-refractivity contribution in [2.24, 2.45) is 0 Å². The lowest BCUT2D eigenvalue weighted by Crippen LogP contribution is -2.17. The smallest absolute Gasteiger partial charge is 0.256 e. The van der Waals surface area contributed by atoms with E-state index in [0.717, 1.165) is 16.7 Å². The summed E-state index contributed by atoms with van der Waals surface area (Å²) in [6.45, 7) is 3.73. The van der Waals surface area contributed by atoms with E-state index in [1.54, 1.807) is 28.9 Å². The molecular weight excluding hydrogens is 364 g/mol. The number of fused-ring (bicyclic) bond motifs is 1. The van der Waals surface area contributed by atoms with Gasteiger partial charge in [0.1, 0.15) is 6.33 Å². The summed E-state index contributed by atoms with van der Waals surface area (Å²) in [5.41, 5.74) is 11.5. The van der Waals surface area contributed by atoms with Crippen LogP contribution in [0.1, 0.15) is 35.5 Å². The number of amides is 1. The molecule has 0 aliphatic rings. The topological polar surface area (TPSA) is 109 Å². The minimum absolute atomic E-state index is 0. The van der Waals surface area contributed by atoms with E-state index >= 15 is 0 Å². The van der Waals surface area contributed by atoms with E-state index in [-0.39, 0.29) is 8.76 Å². The van der Waals surface area contributed by atoms with Crippen molar-refractivity contribution in [1.82, 2.24) is 14.6 Å². The van der Waals surface area contributed by atoms with Gasteiger partial charge in [0.05, 0.1) is 11.3 Å². The summed E-state index contributed by atoms with van der Waals surface area (Å²) >= 11 is 0. The van der Waals surface area contributed by atoms with Gasteiger partial charge >= 0.3 is 0 Å². The van der Waals surface area contributed by atoms with Gasteiger partial charge in [-0.1, -0.05) is 30.3 Å². The Morgan fingerprint density at radius 1 is 1.17 bits per heavy atom. The highest BCUT2D eigenvalue weighted by atomic mass is 16.1. The van der Waals surface area contributed by atoms with Crippen LogP contribution in [-0.4, -0.2) is 26.2 Å². The van der Waals surface area contributed by atoms with Crippen molar-refractivity contribution < 1.29 is 7.65 Å². The van der Waals surface area contributed by atoms with Gasteiger partial charge in [0.15, 0.2) is 5.65 Å². The third-order valence-electron chi connectivity index (χ3n) is 4.88. The second-order valence-electron chi connectivity index (χ2n) is 6.87. The first-order valence-electron chi connectivity index (χ1n) is 9.10. The van der Waals surface area contributed by atoms with E-state index in [1.807, 2.05) is 50.4 Å². The maximum atomic E-state index is 13.0. The number of anilines is 2. The zero-order chi connectivity index (χ0) is 20.5. The normalized spacial score (nSPS) is 10.8. The molecule has 0 saturated carbocycles. The van der Waals surface area contributed by atoms with E-state index in [1.165, 1.54) is 0 Å². The number of carbonyl (C=O) groups excluding carboxylic acids is 1. The van der Waals surface area contributed by atoms with Crippen LogP contribution in [0.3, 0.4) is 0 Å². The van der Waals surface area contributed by atoms with E-state index in [2.05, 4.69) is 15.5 Å². The predicted octanol–water partition coefficient (Wildman–Crippen LogP) is 4.09. The Bertz CT molecular complexity index is 1250. The lowest BCUT2D eigenvalue weighted by Gasteiger charge is -2.14. The van der Waals surface area contributed by atoms with Crippen LogP contribution < -0.4 is 11.1 Å². The van der Waals surface area contributed by atoms with E-state index in [4.69, 9.17) is 11.1 Å². The fraction of sp³-hybridized carbons (Fsp3) is 0.0909. The highest BCUT2D eigenvalue weighted by molar-refractivity contribution is 6.15. The molecule has 4 rings (SSSR count). The number of nitrogens with two attached hydrogens (primary N) is 1. The average Bonchev–Trinajstić information content (AvgIpc) is 3.18. The number of aromatic nitrogens is 3. The number of pyridine rings is 1. The summed E-state index contributed by atoms with van der Waals surface area (Å²) in [6.07, 6.45) is 3.44. The molecular formula is C22H24N6O. The molecule has 7 nitrogen and oxygen atoms in total. The Kier molecular flexibility index (Phi) is 4.56. The van der Waals surface area contributed by atoms with Crippen LogP contribution in [-0.2, 0) is 0 Å². The Morgan fingerprint density at radius 2 is 1.93 bits per heavy atom. The van der Waals surface area contributed by atoms with Gasteiger partial charge in [-0.15, -0.1) is 10.2 Å². The molecule has 0 atom stereocenters. The minimum atomic E-state index is -0.243. The van der Waals surface area contributed by atoms with Gasteiger partial charge in [0.25, 0.3) is 5.91 Å². The molecule has 148 valence electrons. The van der Waals surface area contributed by atoms with Gasteiger partial charge < -0.3 is 11.1 Å². The first-order valence-corrected chi connectivity index (χ1v) is 9.10. The Labute approximate surface area is 170 Å². The lowest BCUT2D eigenvalue weighted by atomic mass is 10.00. The van der Waals surface area contributed by atoms with Crippen LogP contribution in [0.15, 0.2) is 61.1 Å². The summed E-state index contributed by atoms with van der Waals surface area (Å²) in [4.78, 5) is 13.0. The molecule has 0 aliphatic carbocycles. The van der Waals surface area contributed by atoms with Crippen LogP contribution in [0.4, 0.5) is 11.4 Å². The van der Waals surface area contributed by atoms with Crippen molar-refractivity contribution in [2.75, 3.05) is 11.1 Å². The molecule has 0 bridgehead atoms. The van der Waals surface area contributed by atoms with Crippen molar-refractivity contribution in [3.05, 3.63) is 88.9 Å². The number of aryl methyl sites for hydroxylation is 2. The summed E-state index contributed by atoms with van der Waals surface area (Å²) in [6, 6.07) is 14.5. The van der Waals surface area contributed by atoms with Crippen molar-refractivity contribution in [1.29, 1.82) is 5.41 Å². The van der Waals surface area contributed by atoms with Crippen LogP contribution >= 0.6 is 0 Å². The monoisotopic (exact) mass is 388 g/mol. The zero-order valence-corrected chi connectivity index (χ0v) is 16.1. The Morgan fingerprint density at radius 3 is 2.69 bits per heavy atom. The van der Waals surface area contributed by atoms with E-state index in [9.17, 15) is 4.79 Å². The number of nitrogens with one attached hydrogen (secondary N) is 2. The van der Waals surface area contributed by atoms with Crippen molar-refractivity contribution in [3.63, 3.8) is 0 Å². The molecule has 0 spiro atoms. The maximum Gasteiger partial charge on any atom is 0.256 e. The van der Waals surface area contributed by atoms with Gasteiger partial charge in [-0.2, -0.15) is 0 Å². The average molecular weight is 388 g/mol. The first-order chi connectivity index (χ1) is 14.0. The third-order valence-corrected chi connectivity index (χ3v) is 4.88. The molecule has 1 amide bonds. The fourth-order valence-electron chi connectivity index (χ4n) is 3.44. The summed E-state index contributed by atoms with van der Waals surface area (Å²) < 4.78 is 1.80. The lowest BCUT2D eigenvalue weighted by molar-refractivity contribution is 0.102. The molecule has 0 fully saturated rings. The predicted molar refractivity (Wildman–Crippen MR) is 118 cm³/mol.